The van der Waals surface area contributed by atoms with Crippen molar-refractivity contribution in [2.24, 2.45) is 5.73 Å². The van der Waals surface area contributed by atoms with Gasteiger partial charge in [0.1, 0.15) is 0 Å². The molecule has 0 spiro atoms. The minimum absolute atomic E-state index is 0.280. The second-order valence-electron chi connectivity index (χ2n) is 4.03. The van der Waals surface area contributed by atoms with Crippen LogP contribution < -0.4 is 5.73 Å². The summed E-state index contributed by atoms with van der Waals surface area (Å²) in [7, 11) is 2.08. The van der Waals surface area contributed by atoms with Crippen LogP contribution in [0.2, 0.25) is 0 Å². The summed E-state index contributed by atoms with van der Waals surface area (Å²) >= 11 is 0. The molecule has 0 aliphatic carbocycles. The van der Waals surface area contributed by atoms with Crippen molar-refractivity contribution in [2.75, 3.05) is 20.1 Å². The molecule has 1 aromatic carbocycles. The number of nitrogens with two attached hydrogens (primary N) is 1. The first-order chi connectivity index (χ1) is 7.15. The molecule has 1 aromatic rings. The third-order valence-electron chi connectivity index (χ3n) is 2.46. The maximum Gasteiger partial charge on any atom is 0.0470 e. The molecule has 2 nitrogen and oxygen atoms in total. The number of benzene rings is 1. The van der Waals surface area contributed by atoms with E-state index < -0.39 is 0 Å². The van der Waals surface area contributed by atoms with Crippen molar-refractivity contribution in [2.45, 2.75) is 13.0 Å². The van der Waals surface area contributed by atoms with Crippen LogP contribution in [0.25, 0.3) is 0 Å². The standard InChI is InChI=1S/C13H20N2/c1-11(2)10-15(3)13(9-14)12-7-5-4-6-8-12/h4-8,13H,1,9-10,14H2,2-3H3. The van der Waals surface area contributed by atoms with E-state index in [1.165, 1.54) is 5.56 Å². The molecule has 0 bridgehead atoms. The molecule has 0 amide bonds. The molecular formula is C13H20N2. The zero-order chi connectivity index (χ0) is 11.3. The highest BCUT2D eigenvalue weighted by atomic mass is 15.1. The molecule has 0 aliphatic rings. The first-order valence-electron chi connectivity index (χ1n) is 5.24. The van der Waals surface area contributed by atoms with E-state index in [0.717, 1.165) is 12.1 Å². The Balaban J connectivity index is 2.75. The van der Waals surface area contributed by atoms with E-state index in [4.69, 9.17) is 5.73 Å². The van der Waals surface area contributed by atoms with E-state index in [1.807, 2.05) is 25.1 Å². The van der Waals surface area contributed by atoms with E-state index in [9.17, 15) is 0 Å². The van der Waals surface area contributed by atoms with Crippen molar-refractivity contribution in [1.82, 2.24) is 4.90 Å². The molecule has 0 aliphatic heterocycles. The van der Waals surface area contributed by atoms with Crippen LogP contribution in [-0.2, 0) is 0 Å². The van der Waals surface area contributed by atoms with Crippen molar-refractivity contribution in [3.63, 3.8) is 0 Å². The number of likely N-dealkylation sites (N-methyl/N-ethyl adjacent to an activating group) is 1. The third-order valence-corrected chi connectivity index (χ3v) is 2.46. The fourth-order valence-corrected chi connectivity index (χ4v) is 1.78. The van der Waals surface area contributed by atoms with Crippen molar-refractivity contribution >= 4 is 0 Å². The third kappa shape index (κ3) is 3.50. The zero-order valence-electron chi connectivity index (χ0n) is 9.61. The van der Waals surface area contributed by atoms with Crippen LogP contribution in [0.5, 0.6) is 0 Å². The number of hydrogen-bond donors (Lipinski definition) is 1. The first kappa shape index (κ1) is 12.0. The van der Waals surface area contributed by atoms with Gasteiger partial charge in [-0.15, -0.1) is 0 Å². The van der Waals surface area contributed by atoms with Gasteiger partial charge in [0.25, 0.3) is 0 Å². The first-order valence-corrected chi connectivity index (χ1v) is 5.24. The molecule has 82 valence electrons. The highest BCUT2D eigenvalue weighted by Gasteiger charge is 2.14. The molecule has 1 atom stereocenters. The number of hydrogen-bond acceptors (Lipinski definition) is 2. The van der Waals surface area contributed by atoms with Gasteiger partial charge in [-0.1, -0.05) is 42.5 Å². The number of nitrogens with zero attached hydrogens (tertiary/aromatic N) is 1. The highest BCUT2D eigenvalue weighted by Crippen LogP contribution is 2.18. The lowest BCUT2D eigenvalue weighted by atomic mass is 10.1. The van der Waals surface area contributed by atoms with Crippen molar-refractivity contribution in [3.8, 4) is 0 Å². The predicted octanol–water partition coefficient (Wildman–Crippen LogP) is 2.19. The molecule has 0 fully saturated rings. The van der Waals surface area contributed by atoms with Crippen LogP contribution >= 0.6 is 0 Å². The lowest BCUT2D eigenvalue weighted by Crippen LogP contribution is -2.31. The van der Waals surface area contributed by atoms with Crippen molar-refractivity contribution in [3.05, 3.63) is 48.0 Å². The van der Waals surface area contributed by atoms with E-state index in [2.05, 4.69) is 30.7 Å². The quantitative estimate of drug-likeness (QED) is 0.745. The SMILES string of the molecule is C=C(C)CN(C)C(CN)c1ccccc1. The van der Waals surface area contributed by atoms with Crippen molar-refractivity contribution in [1.29, 1.82) is 0 Å². The Morgan fingerprint density at radius 2 is 2.00 bits per heavy atom. The van der Waals surface area contributed by atoms with Crippen LogP contribution in [0.4, 0.5) is 0 Å². The van der Waals surface area contributed by atoms with Gasteiger partial charge in [-0.05, 0) is 19.5 Å². The zero-order valence-corrected chi connectivity index (χ0v) is 9.61. The Morgan fingerprint density at radius 1 is 1.40 bits per heavy atom. The van der Waals surface area contributed by atoms with Gasteiger partial charge in [0, 0.05) is 19.1 Å². The van der Waals surface area contributed by atoms with E-state index in [1.54, 1.807) is 0 Å². The maximum absolute atomic E-state index is 5.81. The molecule has 2 N–H and O–H groups in total. The molecule has 2 heteroatoms. The Bertz CT molecular complexity index is 306. The second kappa shape index (κ2) is 5.69. The normalized spacial score (nSPS) is 12.8. The minimum atomic E-state index is 0.280. The van der Waals surface area contributed by atoms with Gasteiger partial charge < -0.3 is 5.73 Å². The predicted molar refractivity (Wildman–Crippen MR) is 65.7 cm³/mol. The minimum Gasteiger partial charge on any atom is -0.329 e. The summed E-state index contributed by atoms with van der Waals surface area (Å²) in [6.45, 7) is 7.48. The summed E-state index contributed by atoms with van der Waals surface area (Å²) in [5.74, 6) is 0. The fourth-order valence-electron chi connectivity index (χ4n) is 1.78. The monoisotopic (exact) mass is 204 g/mol. The Morgan fingerprint density at radius 3 is 2.47 bits per heavy atom. The average molecular weight is 204 g/mol. The summed E-state index contributed by atoms with van der Waals surface area (Å²) in [4.78, 5) is 2.23. The van der Waals surface area contributed by atoms with Gasteiger partial charge >= 0.3 is 0 Å². The molecule has 0 saturated carbocycles. The molecule has 15 heavy (non-hydrogen) atoms. The maximum atomic E-state index is 5.81. The van der Waals surface area contributed by atoms with Gasteiger partial charge in [-0.2, -0.15) is 0 Å². The van der Waals surface area contributed by atoms with Gasteiger partial charge in [-0.3, -0.25) is 4.90 Å². The molecule has 1 unspecified atom stereocenters. The molecule has 1 rings (SSSR count). The molecule has 0 heterocycles. The molecule has 0 aromatic heterocycles. The summed E-state index contributed by atoms with van der Waals surface area (Å²) in [5, 5.41) is 0. The Labute approximate surface area is 92.4 Å². The number of rotatable bonds is 5. The molecule has 0 saturated heterocycles. The average Bonchev–Trinajstić information content (AvgIpc) is 2.19. The van der Waals surface area contributed by atoms with Gasteiger partial charge in [0.2, 0.25) is 0 Å². The molecular weight excluding hydrogens is 184 g/mol. The topological polar surface area (TPSA) is 29.3 Å². The van der Waals surface area contributed by atoms with Crippen LogP contribution in [0.15, 0.2) is 42.5 Å². The van der Waals surface area contributed by atoms with E-state index >= 15 is 0 Å². The Kier molecular flexibility index (Phi) is 4.53. The highest BCUT2D eigenvalue weighted by molar-refractivity contribution is 5.19. The van der Waals surface area contributed by atoms with E-state index in [0.29, 0.717) is 6.54 Å². The van der Waals surface area contributed by atoms with Crippen LogP contribution in [0, 0.1) is 0 Å². The van der Waals surface area contributed by atoms with Gasteiger partial charge in [0.05, 0.1) is 0 Å². The lowest BCUT2D eigenvalue weighted by molar-refractivity contribution is 0.271. The van der Waals surface area contributed by atoms with Gasteiger partial charge in [0.15, 0.2) is 0 Å². The summed E-state index contributed by atoms with van der Waals surface area (Å²) < 4.78 is 0. The van der Waals surface area contributed by atoms with Crippen LogP contribution in [0.1, 0.15) is 18.5 Å². The summed E-state index contributed by atoms with van der Waals surface area (Å²) in [6, 6.07) is 10.6. The largest absolute Gasteiger partial charge is 0.329 e. The lowest BCUT2D eigenvalue weighted by Gasteiger charge is -2.27. The summed E-state index contributed by atoms with van der Waals surface area (Å²) in [5.41, 5.74) is 8.24. The smallest absolute Gasteiger partial charge is 0.0470 e. The van der Waals surface area contributed by atoms with Crippen LogP contribution in [-0.4, -0.2) is 25.0 Å². The Hall–Kier alpha value is -1.12. The van der Waals surface area contributed by atoms with Gasteiger partial charge in [-0.25, -0.2) is 0 Å². The van der Waals surface area contributed by atoms with Crippen LogP contribution in [0.3, 0.4) is 0 Å². The molecule has 0 radical (unpaired) electrons. The summed E-state index contributed by atoms with van der Waals surface area (Å²) in [6.07, 6.45) is 0. The fraction of sp³-hybridized carbons (Fsp3) is 0.385. The second-order valence-corrected chi connectivity index (χ2v) is 4.03. The van der Waals surface area contributed by atoms with Crippen molar-refractivity contribution < 1.29 is 0 Å². The van der Waals surface area contributed by atoms with E-state index in [-0.39, 0.29) is 6.04 Å².